The smallest absolute Gasteiger partial charge is 0.336 e. The zero-order valence-electron chi connectivity index (χ0n) is 15.5. The predicted molar refractivity (Wildman–Crippen MR) is 111 cm³/mol. The molecule has 0 amide bonds. The first-order valence-electron chi connectivity index (χ1n) is 9.21. The summed E-state index contributed by atoms with van der Waals surface area (Å²) < 4.78 is 11.5. The number of nitrogens with zero attached hydrogens (tertiary/aromatic N) is 1. The second-order valence-corrected chi connectivity index (χ2v) is 7.14. The zero-order chi connectivity index (χ0) is 19.3. The minimum absolute atomic E-state index is 0.174. The molecule has 0 spiro atoms. The summed E-state index contributed by atoms with van der Waals surface area (Å²) in [5.41, 5.74) is 3.56. The number of aromatic nitrogens is 1. The highest BCUT2D eigenvalue weighted by Gasteiger charge is 2.19. The SMILES string of the molecule is CC(C)c1oc2cc3oc(=O)ccc3cc2c1Nc1cccc2cccnc12. The van der Waals surface area contributed by atoms with Crippen molar-refractivity contribution in [1.29, 1.82) is 0 Å². The molecular formula is C23H18N2O3. The van der Waals surface area contributed by atoms with Gasteiger partial charge in [0.2, 0.25) is 0 Å². The summed E-state index contributed by atoms with van der Waals surface area (Å²) in [5.74, 6) is 1.02. The van der Waals surface area contributed by atoms with Crippen LogP contribution in [0.4, 0.5) is 11.4 Å². The van der Waals surface area contributed by atoms with E-state index >= 15 is 0 Å². The predicted octanol–water partition coefficient (Wildman–Crippen LogP) is 5.95. The molecule has 5 nitrogen and oxygen atoms in total. The van der Waals surface area contributed by atoms with Gasteiger partial charge >= 0.3 is 5.63 Å². The van der Waals surface area contributed by atoms with E-state index in [4.69, 9.17) is 8.83 Å². The Labute approximate surface area is 160 Å². The molecule has 0 unspecified atom stereocenters. The van der Waals surface area contributed by atoms with Crippen molar-refractivity contribution in [3.63, 3.8) is 0 Å². The minimum atomic E-state index is -0.373. The van der Waals surface area contributed by atoms with Crippen LogP contribution < -0.4 is 10.9 Å². The highest BCUT2D eigenvalue weighted by Crippen LogP contribution is 2.39. The Morgan fingerprint density at radius 1 is 0.929 bits per heavy atom. The molecule has 28 heavy (non-hydrogen) atoms. The number of anilines is 2. The maximum atomic E-state index is 11.5. The van der Waals surface area contributed by atoms with Crippen LogP contribution in [0.1, 0.15) is 25.5 Å². The maximum Gasteiger partial charge on any atom is 0.336 e. The van der Waals surface area contributed by atoms with Crippen molar-refractivity contribution >= 4 is 44.2 Å². The average molecular weight is 370 g/mol. The fourth-order valence-corrected chi connectivity index (χ4v) is 3.55. The fourth-order valence-electron chi connectivity index (χ4n) is 3.55. The normalized spacial score (nSPS) is 11.7. The molecule has 0 aliphatic rings. The maximum absolute atomic E-state index is 11.5. The lowest BCUT2D eigenvalue weighted by molar-refractivity contribution is 0.522. The summed E-state index contributed by atoms with van der Waals surface area (Å²) >= 11 is 0. The molecule has 0 bridgehead atoms. The lowest BCUT2D eigenvalue weighted by Crippen LogP contribution is -1.97. The third-order valence-electron chi connectivity index (χ3n) is 4.87. The molecule has 0 aliphatic carbocycles. The molecule has 0 fully saturated rings. The van der Waals surface area contributed by atoms with Crippen LogP contribution in [0.3, 0.4) is 0 Å². The molecule has 138 valence electrons. The van der Waals surface area contributed by atoms with E-state index < -0.39 is 0 Å². The quantitative estimate of drug-likeness (QED) is 0.397. The van der Waals surface area contributed by atoms with E-state index in [9.17, 15) is 4.79 Å². The van der Waals surface area contributed by atoms with Crippen LogP contribution in [0.25, 0.3) is 32.8 Å². The number of hydrogen-bond donors (Lipinski definition) is 1. The van der Waals surface area contributed by atoms with Gasteiger partial charge in [0.25, 0.3) is 0 Å². The molecule has 0 saturated carbocycles. The van der Waals surface area contributed by atoms with Gasteiger partial charge in [0.15, 0.2) is 0 Å². The number of nitrogens with one attached hydrogen (secondary N) is 1. The highest BCUT2D eigenvalue weighted by molar-refractivity contribution is 6.03. The van der Waals surface area contributed by atoms with Crippen LogP contribution in [0, 0.1) is 0 Å². The van der Waals surface area contributed by atoms with Gasteiger partial charge in [-0.25, -0.2) is 4.79 Å². The number of para-hydroxylation sites is 1. The Morgan fingerprint density at radius 2 is 1.79 bits per heavy atom. The van der Waals surface area contributed by atoms with E-state index in [0.29, 0.717) is 11.2 Å². The number of rotatable bonds is 3. The van der Waals surface area contributed by atoms with E-state index in [1.165, 1.54) is 6.07 Å². The second kappa shape index (κ2) is 6.23. The molecule has 5 heteroatoms. The van der Waals surface area contributed by atoms with Gasteiger partial charge in [0.05, 0.1) is 16.9 Å². The second-order valence-electron chi connectivity index (χ2n) is 7.14. The Morgan fingerprint density at radius 3 is 2.64 bits per heavy atom. The number of pyridine rings is 1. The largest absolute Gasteiger partial charge is 0.458 e. The van der Waals surface area contributed by atoms with Crippen LogP contribution in [0.5, 0.6) is 0 Å². The Hall–Kier alpha value is -3.60. The lowest BCUT2D eigenvalue weighted by atomic mass is 10.1. The third-order valence-corrected chi connectivity index (χ3v) is 4.87. The highest BCUT2D eigenvalue weighted by atomic mass is 16.4. The van der Waals surface area contributed by atoms with Gasteiger partial charge in [-0.05, 0) is 24.3 Å². The lowest BCUT2D eigenvalue weighted by Gasteiger charge is -2.11. The van der Waals surface area contributed by atoms with Crippen LogP contribution in [-0.4, -0.2) is 4.98 Å². The molecule has 3 aromatic heterocycles. The van der Waals surface area contributed by atoms with E-state index in [1.807, 2.05) is 36.4 Å². The summed E-state index contributed by atoms with van der Waals surface area (Å²) in [4.78, 5) is 16.1. The van der Waals surface area contributed by atoms with Crippen molar-refractivity contribution in [2.24, 2.45) is 0 Å². The van der Waals surface area contributed by atoms with Crippen molar-refractivity contribution in [2.45, 2.75) is 19.8 Å². The van der Waals surface area contributed by atoms with Crippen molar-refractivity contribution < 1.29 is 8.83 Å². The van der Waals surface area contributed by atoms with E-state index in [0.717, 1.165) is 38.8 Å². The first kappa shape index (κ1) is 16.6. The molecule has 0 aliphatic heterocycles. The van der Waals surface area contributed by atoms with Crippen molar-refractivity contribution in [1.82, 2.24) is 4.98 Å². The first-order valence-corrected chi connectivity index (χ1v) is 9.21. The molecule has 3 heterocycles. The summed E-state index contributed by atoms with van der Waals surface area (Å²) in [6.07, 6.45) is 1.79. The van der Waals surface area contributed by atoms with Gasteiger partial charge < -0.3 is 14.2 Å². The van der Waals surface area contributed by atoms with E-state index in [-0.39, 0.29) is 11.5 Å². The average Bonchev–Trinajstić information content (AvgIpc) is 3.04. The molecule has 1 N–H and O–H groups in total. The number of benzene rings is 2. The van der Waals surface area contributed by atoms with Gasteiger partial charge in [-0.2, -0.15) is 0 Å². The molecule has 0 saturated heterocycles. The molecule has 5 aromatic rings. The van der Waals surface area contributed by atoms with Crippen molar-refractivity contribution in [2.75, 3.05) is 5.32 Å². The number of hydrogen-bond acceptors (Lipinski definition) is 5. The third kappa shape index (κ3) is 2.63. The van der Waals surface area contributed by atoms with Crippen LogP contribution in [0.2, 0.25) is 0 Å². The Kier molecular flexibility index (Phi) is 3.69. The topological polar surface area (TPSA) is 68.3 Å². The molecule has 2 aromatic carbocycles. The Balaban J connectivity index is 1.75. The van der Waals surface area contributed by atoms with Gasteiger partial charge in [0, 0.05) is 40.4 Å². The monoisotopic (exact) mass is 370 g/mol. The number of furan rings is 1. The van der Waals surface area contributed by atoms with E-state index in [1.54, 1.807) is 18.3 Å². The van der Waals surface area contributed by atoms with Crippen LogP contribution >= 0.6 is 0 Å². The fraction of sp³-hybridized carbons (Fsp3) is 0.130. The van der Waals surface area contributed by atoms with Crippen LogP contribution in [-0.2, 0) is 0 Å². The first-order chi connectivity index (χ1) is 13.6. The number of fused-ring (bicyclic) bond motifs is 3. The zero-order valence-corrected chi connectivity index (χ0v) is 15.5. The Bertz CT molecular complexity index is 1390. The van der Waals surface area contributed by atoms with Crippen molar-refractivity contribution in [3.8, 4) is 0 Å². The summed E-state index contributed by atoms with van der Waals surface area (Å²) in [5, 5.41) is 6.41. The van der Waals surface area contributed by atoms with Gasteiger partial charge in [-0.15, -0.1) is 0 Å². The van der Waals surface area contributed by atoms with Gasteiger partial charge in [0.1, 0.15) is 16.9 Å². The van der Waals surface area contributed by atoms with Crippen LogP contribution in [0.15, 0.2) is 74.4 Å². The summed E-state index contributed by atoms with van der Waals surface area (Å²) in [6.45, 7) is 4.17. The summed E-state index contributed by atoms with van der Waals surface area (Å²) in [6, 6.07) is 17.0. The summed E-state index contributed by atoms with van der Waals surface area (Å²) in [7, 11) is 0. The van der Waals surface area contributed by atoms with Gasteiger partial charge in [-0.3, -0.25) is 4.98 Å². The molecule has 5 rings (SSSR count). The van der Waals surface area contributed by atoms with Crippen molar-refractivity contribution in [3.05, 3.63) is 77.0 Å². The van der Waals surface area contributed by atoms with Gasteiger partial charge in [-0.1, -0.05) is 32.0 Å². The standard InChI is InChI=1S/C23H18N2O3/c1-13(2)23-22(25-17-7-3-5-14-6-4-10-24-21(14)17)16-11-15-8-9-20(26)27-18(15)12-19(16)28-23/h3-13,25H,1-2H3. The minimum Gasteiger partial charge on any atom is -0.458 e. The van der Waals surface area contributed by atoms with E-state index in [2.05, 4.69) is 24.1 Å². The molecule has 0 radical (unpaired) electrons. The molecule has 0 atom stereocenters. The molecular weight excluding hydrogens is 352 g/mol.